The zero-order valence-electron chi connectivity index (χ0n) is 13.5. The third-order valence-electron chi connectivity index (χ3n) is 3.68. The molecule has 0 radical (unpaired) electrons. The van der Waals surface area contributed by atoms with Crippen molar-refractivity contribution >= 4 is 17.5 Å². The van der Waals surface area contributed by atoms with Crippen molar-refractivity contribution in [2.24, 2.45) is 0 Å². The Morgan fingerprint density at radius 3 is 2.42 bits per heavy atom. The maximum absolute atomic E-state index is 12.3. The number of benzene rings is 2. The van der Waals surface area contributed by atoms with Crippen LogP contribution >= 0.6 is 11.6 Å². The highest BCUT2D eigenvalue weighted by Gasteiger charge is 2.17. The van der Waals surface area contributed by atoms with Crippen molar-refractivity contribution in [2.45, 2.75) is 20.4 Å². The van der Waals surface area contributed by atoms with Gasteiger partial charge in [0.1, 0.15) is 5.76 Å². The Hall–Kier alpha value is -2.59. The number of amides is 1. The highest BCUT2D eigenvalue weighted by atomic mass is 35.5. The normalized spacial score (nSPS) is 10.6. The van der Waals surface area contributed by atoms with Gasteiger partial charge in [0.05, 0.1) is 0 Å². The van der Waals surface area contributed by atoms with E-state index in [1.54, 1.807) is 19.1 Å². The molecule has 0 aliphatic rings. The molecule has 2 aromatic carbocycles. The monoisotopic (exact) mass is 340 g/mol. The summed E-state index contributed by atoms with van der Waals surface area (Å²) >= 11 is 5.85. The maximum Gasteiger partial charge on any atom is 0.273 e. The second kappa shape index (κ2) is 6.89. The minimum Gasteiger partial charge on any atom is -0.441 e. The van der Waals surface area contributed by atoms with E-state index in [1.165, 1.54) is 0 Å². The minimum absolute atomic E-state index is 0.260. The molecule has 0 fully saturated rings. The molecule has 1 N–H and O–H groups in total. The number of hydrogen-bond acceptors (Lipinski definition) is 3. The molecule has 122 valence electrons. The second-order valence-electron chi connectivity index (χ2n) is 5.60. The van der Waals surface area contributed by atoms with Crippen LogP contribution in [0.2, 0.25) is 5.02 Å². The first-order valence-electron chi connectivity index (χ1n) is 7.60. The number of hydrogen-bond donors (Lipinski definition) is 1. The Morgan fingerprint density at radius 1 is 1.08 bits per heavy atom. The Bertz CT molecular complexity index is 852. The molecule has 0 saturated heterocycles. The van der Waals surface area contributed by atoms with Crippen LogP contribution in [0.1, 0.15) is 27.4 Å². The van der Waals surface area contributed by atoms with Crippen LogP contribution in [-0.2, 0) is 6.54 Å². The van der Waals surface area contributed by atoms with Crippen molar-refractivity contribution < 1.29 is 9.21 Å². The molecule has 1 aromatic heterocycles. The third-order valence-corrected chi connectivity index (χ3v) is 3.93. The number of nitrogens with one attached hydrogen (secondary N) is 1. The summed E-state index contributed by atoms with van der Waals surface area (Å²) in [6.45, 7) is 4.16. The number of aryl methyl sites for hydroxylation is 2. The van der Waals surface area contributed by atoms with E-state index in [0.717, 1.165) is 16.7 Å². The van der Waals surface area contributed by atoms with Crippen molar-refractivity contribution in [1.29, 1.82) is 0 Å². The summed E-state index contributed by atoms with van der Waals surface area (Å²) in [4.78, 5) is 16.7. The third kappa shape index (κ3) is 3.66. The number of nitrogens with zero attached hydrogens (tertiary/aromatic N) is 1. The van der Waals surface area contributed by atoms with Crippen LogP contribution in [0, 0.1) is 13.8 Å². The number of carbonyl (C=O) groups excluding carboxylic acids is 1. The van der Waals surface area contributed by atoms with Gasteiger partial charge >= 0.3 is 0 Å². The van der Waals surface area contributed by atoms with Crippen LogP contribution in [0.25, 0.3) is 11.5 Å². The summed E-state index contributed by atoms with van der Waals surface area (Å²) in [5.41, 5.74) is 3.27. The van der Waals surface area contributed by atoms with Gasteiger partial charge in [-0.15, -0.1) is 0 Å². The summed E-state index contributed by atoms with van der Waals surface area (Å²) in [6, 6.07) is 15.1. The smallest absolute Gasteiger partial charge is 0.273 e. The highest BCUT2D eigenvalue weighted by Crippen LogP contribution is 2.22. The van der Waals surface area contributed by atoms with Gasteiger partial charge in [-0.2, -0.15) is 0 Å². The molecule has 0 saturated carbocycles. The van der Waals surface area contributed by atoms with E-state index in [-0.39, 0.29) is 5.91 Å². The first-order chi connectivity index (χ1) is 11.5. The lowest BCUT2D eigenvalue weighted by Crippen LogP contribution is -2.23. The van der Waals surface area contributed by atoms with Crippen molar-refractivity contribution in [2.75, 3.05) is 0 Å². The molecular formula is C19H17ClN2O2. The van der Waals surface area contributed by atoms with Crippen LogP contribution in [0.15, 0.2) is 52.9 Å². The summed E-state index contributed by atoms with van der Waals surface area (Å²) in [6.07, 6.45) is 0. The summed E-state index contributed by atoms with van der Waals surface area (Å²) in [5.74, 6) is 0.688. The fourth-order valence-electron chi connectivity index (χ4n) is 2.30. The van der Waals surface area contributed by atoms with Gasteiger partial charge < -0.3 is 9.73 Å². The van der Waals surface area contributed by atoms with E-state index < -0.39 is 0 Å². The molecular weight excluding hydrogens is 324 g/mol. The lowest BCUT2D eigenvalue weighted by atomic mass is 10.1. The van der Waals surface area contributed by atoms with E-state index in [9.17, 15) is 4.79 Å². The van der Waals surface area contributed by atoms with Crippen molar-refractivity contribution in [3.05, 3.63) is 76.1 Å². The molecule has 1 heterocycles. The van der Waals surface area contributed by atoms with Crippen molar-refractivity contribution in [1.82, 2.24) is 10.3 Å². The van der Waals surface area contributed by atoms with E-state index in [1.807, 2.05) is 43.3 Å². The van der Waals surface area contributed by atoms with Crippen LogP contribution in [0.4, 0.5) is 0 Å². The number of rotatable bonds is 4. The van der Waals surface area contributed by atoms with Crippen molar-refractivity contribution in [3.8, 4) is 11.5 Å². The van der Waals surface area contributed by atoms with Crippen LogP contribution in [-0.4, -0.2) is 10.9 Å². The highest BCUT2D eigenvalue weighted by molar-refractivity contribution is 6.30. The molecule has 3 rings (SSSR count). The molecule has 0 spiro atoms. The van der Waals surface area contributed by atoms with Crippen LogP contribution in [0.5, 0.6) is 0 Å². The predicted molar refractivity (Wildman–Crippen MR) is 94.0 cm³/mol. The Morgan fingerprint density at radius 2 is 1.75 bits per heavy atom. The van der Waals surface area contributed by atoms with E-state index in [0.29, 0.717) is 28.9 Å². The van der Waals surface area contributed by atoms with Crippen LogP contribution in [0.3, 0.4) is 0 Å². The first-order valence-corrected chi connectivity index (χ1v) is 7.98. The Kier molecular flexibility index (Phi) is 4.67. The average molecular weight is 341 g/mol. The molecule has 0 bridgehead atoms. The van der Waals surface area contributed by atoms with Gasteiger partial charge in [-0.1, -0.05) is 41.4 Å². The average Bonchev–Trinajstić information content (AvgIpc) is 2.96. The summed E-state index contributed by atoms with van der Waals surface area (Å²) < 4.78 is 5.64. The zero-order chi connectivity index (χ0) is 17.1. The number of oxazole rings is 1. The lowest BCUT2D eigenvalue weighted by molar-refractivity contribution is 0.0945. The van der Waals surface area contributed by atoms with Gasteiger partial charge in [-0.3, -0.25) is 4.79 Å². The first kappa shape index (κ1) is 16.3. The minimum atomic E-state index is -0.260. The van der Waals surface area contributed by atoms with Gasteiger partial charge in [0.2, 0.25) is 5.89 Å². The Balaban J connectivity index is 1.73. The standard InChI is InChI=1S/C19H17ClN2O2/c1-12-3-7-15(8-4-12)19-22-17(13(2)24-19)18(23)21-11-14-5-9-16(20)10-6-14/h3-10H,11H2,1-2H3,(H,21,23). The number of carbonyl (C=O) groups is 1. The second-order valence-corrected chi connectivity index (χ2v) is 6.04. The molecule has 0 aliphatic heterocycles. The fourth-order valence-corrected chi connectivity index (χ4v) is 2.42. The fraction of sp³-hybridized carbons (Fsp3) is 0.158. The SMILES string of the molecule is Cc1ccc(-c2nc(C(=O)NCc3ccc(Cl)cc3)c(C)o2)cc1. The van der Waals surface area contributed by atoms with E-state index in [2.05, 4.69) is 10.3 Å². The molecule has 1 amide bonds. The van der Waals surface area contributed by atoms with Gasteiger partial charge in [0.15, 0.2) is 5.69 Å². The van der Waals surface area contributed by atoms with Gasteiger partial charge in [0, 0.05) is 17.1 Å². The summed E-state index contributed by atoms with van der Waals surface area (Å²) in [5, 5.41) is 3.51. The van der Waals surface area contributed by atoms with E-state index >= 15 is 0 Å². The molecule has 0 aliphatic carbocycles. The number of aromatic nitrogens is 1. The zero-order valence-corrected chi connectivity index (χ0v) is 14.2. The topological polar surface area (TPSA) is 55.1 Å². The van der Waals surface area contributed by atoms with Crippen molar-refractivity contribution in [3.63, 3.8) is 0 Å². The quantitative estimate of drug-likeness (QED) is 0.758. The largest absolute Gasteiger partial charge is 0.441 e. The van der Waals surface area contributed by atoms with Crippen LogP contribution < -0.4 is 5.32 Å². The summed E-state index contributed by atoms with van der Waals surface area (Å²) in [7, 11) is 0. The Labute approximate surface area is 145 Å². The molecule has 5 heteroatoms. The maximum atomic E-state index is 12.3. The molecule has 0 unspecified atom stereocenters. The van der Waals surface area contributed by atoms with Gasteiger partial charge in [0.25, 0.3) is 5.91 Å². The van der Waals surface area contributed by atoms with Gasteiger partial charge in [-0.05, 0) is 43.7 Å². The lowest BCUT2D eigenvalue weighted by Gasteiger charge is -2.03. The predicted octanol–water partition coefficient (Wildman–Crippen LogP) is 4.54. The molecule has 24 heavy (non-hydrogen) atoms. The number of halogens is 1. The molecule has 3 aromatic rings. The van der Waals surface area contributed by atoms with Gasteiger partial charge in [-0.25, -0.2) is 4.98 Å². The van der Waals surface area contributed by atoms with E-state index in [4.69, 9.17) is 16.0 Å². The molecule has 0 atom stereocenters. The molecule has 4 nitrogen and oxygen atoms in total.